The van der Waals surface area contributed by atoms with E-state index in [2.05, 4.69) is 4.89 Å². The van der Waals surface area contributed by atoms with Crippen molar-refractivity contribution in [3.05, 3.63) is 35.7 Å². The molecule has 11 heavy (non-hydrogen) atoms. The first-order valence-corrected chi connectivity index (χ1v) is 3.27. The van der Waals surface area contributed by atoms with Crippen molar-refractivity contribution in [2.45, 2.75) is 0 Å². The molecule has 1 aromatic rings. The molecule has 0 fully saturated rings. The van der Waals surface area contributed by atoms with Crippen molar-refractivity contribution in [3.63, 3.8) is 0 Å². The fourth-order valence-electron chi connectivity index (χ4n) is 0.946. The Hall–Kier alpha value is -1.64. The van der Waals surface area contributed by atoms with Crippen LogP contribution in [0.1, 0.15) is 5.56 Å². The van der Waals surface area contributed by atoms with E-state index in [1.54, 1.807) is 6.08 Å². The molecule has 0 saturated heterocycles. The Kier molecular flexibility index (Phi) is 1.22. The van der Waals surface area contributed by atoms with Gasteiger partial charge in [0.15, 0.2) is 5.75 Å². The summed E-state index contributed by atoms with van der Waals surface area (Å²) in [5.74, 6) is 0.977. The lowest BCUT2D eigenvalue weighted by Gasteiger charge is -2.12. The van der Waals surface area contributed by atoms with E-state index in [0.29, 0.717) is 5.75 Å². The molecule has 3 heteroatoms. The zero-order valence-corrected chi connectivity index (χ0v) is 5.78. The molecule has 0 radical (unpaired) electrons. The van der Waals surface area contributed by atoms with E-state index >= 15 is 0 Å². The molecule has 1 aliphatic rings. The number of nitrogens with two attached hydrogens (primary N) is 1. The third-order valence-corrected chi connectivity index (χ3v) is 1.44. The molecule has 2 rings (SSSR count). The van der Waals surface area contributed by atoms with Gasteiger partial charge in [-0.15, -0.1) is 0 Å². The van der Waals surface area contributed by atoms with Crippen molar-refractivity contribution in [3.8, 4) is 5.75 Å². The molecule has 0 unspecified atom stereocenters. The van der Waals surface area contributed by atoms with Crippen LogP contribution in [0.4, 0.5) is 0 Å². The van der Waals surface area contributed by atoms with Gasteiger partial charge in [0.05, 0.1) is 0 Å². The van der Waals surface area contributed by atoms with E-state index in [1.165, 1.54) is 0 Å². The quantitative estimate of drug-likeness (QED) is 0.565. The van der Waals surface area contributed by atoms with Crippen LogP contribution in [0.3, 0.4) is 0 Å². The van der Waals surface area contributed by atoms with E-state index in [-0.39, 0.29) is 5.88 Å². The first-order valence-electron chi connectivity index (χ1n) is 3.27. The molecule has 0 atom stereocenters. The van der Waals surface area contributed by atoms with Crippen molar-refractivity contribution in [1.82, 2.24) is 0 Å². The maximum atomic E-state index is 5.36. The second-order valence-electron chi connectivity index (χ2n) is 2.25. The Morgan fingerprint density at radius 2 is 1.91 bits per heavy atom. The lowest BCUT2D eigenvalue weighted by Crippen LogP contribution is -2.10. The highest BCUT2D eigenvalue weighted by Gasteiger charge is 2.08. The zero-order valence-electron chi connectivity index (χ0n) is 5.78. The molecular formula is C8H7NO2. The highest BCUT2D eigenvalue weighted by molar-refractivity contribution is 5.59. The van der Waals surface area contributed by atoms with Gasteiger partial charge in [0.1, 0.15) is 0 Å². The highest BCUT2D eigenvalue weighted by Crippen LogP contribution is 2.24. The van der Waals surface area contributed by atoms with Crippen LogP contribution in [-0.4, -0.2) is 0 Å². The Labute approximate surface area is 64.0 Å². The summed E-state index contributed by atoms with van der Waals surface area (Å²) in [7, 11) is 0. The van der Waals surface area contributed by atoms with Gasteiger partial charge in [-0.05, 0) is 6.07 Å². The Morgan fingerprint density at radius 1 is 1.09 bits per heavy atom. The first-order chi connectivity index (χ1) is 5.36. The second-order valence-corrected chi connectivity index (χ2v) is 2.25. The van der Waals surface area contributed by atoms with Gasteiger partial charge in [-0.3, -0.25) is 9.78 Å². The molecule has 0 amide bonds. The molecule has 1 aliphatic heterocycles. The number of rotatable bonds is 0. The predicted molar refractivity (Wildman–Crippen MR) is 40.3 cm³/mol. The molecule has 56 valence electrons. The summed E-state index contributed by atoms with van der Waals surface area (Å²) in [6.45, 7) is 0. The number of fused-ring (bicyclic) bond motifs is 1. The van der Waals surface area contributed by atoms with Crippen LogP contribution in [0.15, 0.2) is 30.1 Å². The summed E-state index contributed by atoms with van der Waals surface area (Å²) in [5.41, 5.74) is 6.30. The third-order valence-electron chi connectivity index (χ3n) is 1.44. The van der Waals surface area contributed by atoms with E-state index in [4.69, 9.17) is 10.6 Å². The normalized spacial score (nSPS) is 14.0. The molecule has 0 aliphatic carbocycles. The standard InChI is InChI=1S/C8H7NO2/c9-8-5-6-3-1-2-4-7(6)10-11-8/h1-5H,9H2. The van der Waals surface area contributed by atoms with Gasteiger partial charge < -0.3 is 5.73 Å². The Bertz CT molecular complexity index is 307. The van der Waals surface area contributed by atoms with Gasteiger partial charge in [-0.2, -0.15) is 0 Å². The first kappa shape index (κ1) is 6.09. The maximum absolute atomic E-state index is 5.36. The minimum Gasteiger partial charge on any atom is -0.366 e. The maximum Gasteiger partial charge on any atom is 0.242 e. The number of hydrogen-bond acceptors (Lipinski definition) is 3. The molecule has 0 spiro atoms. The number of hydrogen-bond donors (Lipinski definition) is 1. The topological polar surface area (TPSA) is 44.5 Å². The highest BCUT2D eigenvalue weighted by atomic mass is 17.2. The largest absolute Gasteiger partial charge is 0.366 e. The van der Waals surface area contributed by atoms with E-state index in [9.17, 15) is 0 Å². The molecule has 3 nitrogen and oxygen atoms in total. The molecule has 0 aromatic heterocycles. The summed E-state index contributed by atoms with van der Waals surface area (Å²) in [6.07, 6.45) is 1.72. The molecule has 0 saturated carbocycles. The summed E-state index contributed by atoms with van der Waals surface area (Å²) >= 11 is 0. The summed E-state index contributed by atoms with van der Waals surface area (Å²) in [4.78, 5) is 9.49. The third kappa shape index (κ3) is 1.00. The zero-order chi connectivity index (χ0) is 7.68. The Morgan fingerprint density at radius 3 is 2.82 bits per heavy atom. The monoisotopic (exact) mass is 149 g/mol. The fourth-order valence-corrected chi connectivity index (χ4v) is 0.946. The Balaban J connectivity index is 2.51. The minimum absolute atomic E-state index is 0.281. The molecule has 1 heterocycles. The van der Waals surface area contributed by atoms with Crippen molar-refractivity contribution >= 4 is 6.08 Å². The van der Waals surface area contributed by atoms with Crippen molar-refractivity contribution in [2.24, 2.45) is 5.73 Å². The van der Waals surface area contributed by atoms with Gasteiger partial charge in [-0.1, -0.05) is 18.2 Å². The van der Waals surface area contributed by atoms with Crippen LogP contribution in [0.25, 0.3) is 6.08 Å². The fraction of sp³-hybridized carbons (Fsp3) is 0. The summed E-state index contributed by atoms with van der Waals surface area (Å²) < 4.78 is 0. The van der Waals surface area contributed by atoms with E-state index < -0.39 is 0 Å². The van der Waals surface area contributed by atoms with Crippen LogP contribution >= 0.6 is 0 Å². The summed E-state index contributed by atoms with van der Waals surface area (Å²) in [6, 6.07) is 7.51. The molecular weight excluding hydrogens is 142 g/mol. The molecule has 2 N–H and O–H groups in total. The average molecular weight is 149 g/mol. The van der Waals surface area contributed by atoms with Gasteiger partial charge in [0.2, 0.25) is 5.88 Å². The minimum atomic E-state index is 0.281. The van der Waals surface area contributed by atoms with E-state index in [0.717, 1.165) is 5.56 Å². The van der Waals surface area contributed by atoms with E-state index in [1.807, 2.05) is 24.3 Å². The smallest absolute Gasteiger partial charge is 0.242 e. The number of para-hydroxylation sites is 1. The predicted octanol–water partition coefficient (Wildman–Crippen LogP) is 1.27. The van der Waals surface area contributed by atoms with Gasteiger partial charge in [-0.25, -0.2) is 0 Å². The molecule has 0 bridgehead atoms. The van der Waals surface area contributed by atoms with Crippen LogP contribution < -0.4 is 10.6 Å². The van der Waals surface area contributed by atoms with Gasteiger partial charge in [0, 0.05) is 11.6 Å². The van der Waals surface area contributed by atoms with Gasteiger partial charge in [0.25, 0.3) is 0 Å². The van der Waals surface area contributed by atoms with Crippen LogP contribution in [0.2, 0.25) is 0 Å². The average Bonchev–Trinajstić information content (AvgIpc) is 2.04. The second kappa shape index (κ2) is 2.20. The van der Waals surface area contributed by atoms with Gasteiger partial charge >= 0.3 is 0 Å². The lowest BCUT2D eigenvalue weighted by molar-refractivity contribution is -0.169. The lowest BCUT2D eigenvalue weighted by atomic mass is 10.2. The van der Waals surface area contributed by atoms with Crippen molar-refractivity contribution in [1.29, 1.82) is 0 Å². The van der Waals surface area contributed by atoms with Crippen LogP contribution in [0.5, 0.6) is 5.75 Å². The number of benzene rings is 1. The molecule has 1 aromatic carbocycles. The summed E-state index contributed by atoms with van der Waals surface area (Å²) in [5, 5.41) is 0. The SMILES string of the molecule is NC1=Cc2ccccc2OO1. The van der Waals surface area contributed by atoms with Crippen molar-refractivity contribution < 1.29 is 9.78 Å². The van der Waals surface area contributed by atoms with Crippen LogP contribution in [0, 0.1) is 0 Å². The van der Waals surface area contributed by atoms with Crippen molar-refractivity contribution in [2.75, 3.05) is 0 Å². The van der Waals surface area contributed by atoms with Crippen LogP contribution in [-0.2, 0) is 4.89 Å².